The summed E-state index contributed by atoms with van der Waals surface area (Å²) in [6.45, 7) is 6.02. The summed E-state index contributed by atoms with van der Waals surface area (Å²) in [7, 11) is 0. The van der Waals surface area contributed by atoms with Gasteiger partial charge in [0.15, 0.2) is 4.34 Å². The maximum atomic E-state index is 12.4. The fourth-order valence-corrected chi connectivity index (χ4v) is 5.46. The Morgan fingerprint density at radius 1 is 1.29 bits per heavy atom. The summed E-state index contributed by atoms with van der Waals surface area (Å²) in [5.74, 6) is 0.686. The molecular weight excluding hydrogens is 362 g/mol. The lowest BCUT2D eigenvalue weighted by Gasteiger charge is -2.07. The molecule has 3 aromatic heterocycles. The molecule has 1 aliphatic rings. The van der Waals surface area contributed by atoms with E-state index >= 15 is 0 Å². The number of fused-ring (bicyclic) bond motifs is 1. The van der Waals surface area contributed by atoms with E-state index in [0.717, 1.165) is 24.7 Å². The molecule has 3 aromatic rings. The highest BCUT2D eigenvalue weighted by Crippen LogP contribution is 2.37. The van der Waals surface area contributed by atoms with Gasteiger partial charge in [-0.05, 0) is 39.2 Å². The molecule has 24 heavy (non-hydrogen) atoms. The lowest BCUT2D eigenvalue weighted by molar-refractivity contribution is 0.918. The largest absolute Gasteiger partial charge is 0.357 e. The maximum absolute atomic E-state index is 12.4. The molecular formula is C15H17N5OS3. The summed E-state index contributed by atoms with van der Waals surface area (Å²) in [6, 6.07) is 0.568. The van der Waals surface area contributed by atoms with Crippen LogP contribution in [0.4, 0.5) is 5.13 Å². The van der Waals surface area contributed by atoms with Gasteiger partial charge in [-0.2, -0.15) is 0 Å². The number of aromatic amines is 1. The Labute approximate surface area is 151 Å². The Morgan fingerprint density at radius 2 is 2.08 bits per heavy atom. The molecule has 6 nitrogen and oxygen atoms in total. The highest BCUT2D eigenvalue weighted by atomic mass is 32.2. The van der Waals surface area contributed by atoms with Crippen LogP contribution in [0, 0.1) is 13.8 Å². The number of hydrogen-bond acceptors (Lipinski definition) is 8. The van der Waals surface area contributed by atoms with Crippen molar-refractivity contribution < 1.29 is 0 Å². The third-order valence-corrected chi connectivity index (χ3v) is 7.18. The van der Waals surface area contributed by atoms with Crippen LogP contribution in [0.1, 0.15) is 41.3 Å². The number of aryl methyl sites for hydroxylation is 2. The smallest absolute Gasteiger partial charge is 0.259 e. The minimum absolute atomic E-state index is 0.00605. The summed E-state index contributed by atoms with van der Waals surface area (Å²) in [5, 5.41) is 13.3. The number of anilines is 1. The van der Waals surface area contributed by atoms with Crippen LogP contribution in [0.25, 0.3) is 10.2 Å². The van der Waals surface area contributed by atoms with Gasteiger partial charge in [-0.15, -0.1) is 21.5 Å². The number of rotatable bonds is 5. The van der Waals surface area contributed by atoms with Crippen molar-refractivity contribution in [3.63, 3.8) is 0 Å². The molecule has 3 heterocycles. The number of thiophene rings is 1. The van der Waals surface area contributed by atoms with E-state index in [4.69, 9.17) is 0 Å². The van der Waals surface area contributed by atoms with Gasteiger partial charge in [0.2, 0.25) is 5.13 Å². The first-order valence-electron chi connectivity index (χ1n) is 7.78. The third kappa shape index (κ3) is 3.07. The summed E-state index contributed by atoms with van der Waals surface area (Å²) in [6.07, 6.45) is 2.42. The van der Waals surface area contributed by atoms with Gasteiger partial charge in [0, 0.05) is 10.9 Å². The summed E-state index contributed by atoms with van der Waals surface area (Å²) >= 11 is 4.69. The Morgan fingerprint density at radius 3 is 2.83 bits per heavy atom. The van der Waals surface area contributed by atoms with Gasteiger partial charge < -0.3 is 10.3 Å². The minimum Gasteiger partial charge on any atom is -0.357 e. The van der Waals surface area contributed by atoms with Crippen molar-refractivity contribution in [1.29, 1.82) is 0 Å². The lowest BCUT2D eigenvalue weighted by atomic mass is 10.2. The van der Waals surface area contributed by atoms with Crippen molar-refractivity contribution in [1.82, 2.24) is 20.2 Å². The minimum atomic E-state index is -0.0577. The topological polar surface area (TPSA) is 83.6 Å². The number of aromatic nitrogens is 4. The van der Waals surface area contributed by atoms with Crippen molar-refractivity contribution in [2.75, 3.05) is 5.32 Å². The molecule has 0 amide bonds. The second-order valence-electron chi connectivity index (χ2n) is 5.97. The molecule has 1 saturated carbocycles. The number of thioether (sulfide) groups is 1. The van der Waals surface area contributed by atoms with Gasteiger partial charge in [0.25, 0.3) is 5.56 Å². The molecule has 1 atom stereocenters. The molecule has 126 valence electrons. The molecule has 2 N–H and O–H groups in total. The van der Waals surface area contributed by atoms with Gasteiger partial charge in [-0.1, -0.05) is 23.1 Å². The molecule has 0 spiro atoms. The third-order valence-electron chi connectivity index (χ3n) is 4.03. The predicted octanol–water partition coefficient (Wildman–Crippen LogP) is 3.88. The van der Waals surface area contributed by atoms with Crippen molar-refractivity contribution in [3.05, 3.63) is 26.6 Å². The number of nitrogens with zero attached hydrogens (tertiary/aromatic N) is 3. The van der Waals surface area contributed by atoms with Crippen molar-refractivity contribution in [2.45, 2.75) is 49.2 Å². The van der Waals surface area contributed by atoms with E-state index in [1.54, 1.807) is 34.4 Å². The molecule has 1 aliphatic carbocycles. The Bertz CT molecular complexity index is 956. The molecule has 0 aliphatic heterocycles. The predicted molar refractivity (Wildman–Crippen MR) is 101 cm³/mol. The normalized spacial score (nSPS) is 15.8. The molecule has 4 rings (SSSR count). The van der Waals surface area contributed by atoms with E-state index in [9.17, 15) is 4.79 Å². The molecule has 0 radical (unpaired) electrons. The molecule has 0 saturated heterocycles. The van der Waals surface area contributed by atoms with Crippen LogP contribution < -0.4 is 10.9 Å². The second-order valence-corrected chi connectivity index (χ2v) is 9.74. The van der Waals surface area contributed by atoms with Gasteiger partial charge in [-0.3, -0.25) is 4.79 Å². The van der Waals surface area contributed by atoms with Crippen LogP contribution in [0.5, 0.6) is 0 Å². The zero-order chi connectivity index (χ0) is 16.8. The fraction of sp³-hybridized carbons (Fsp3) is 0.467. The average molecular weight is 380 g/mol. The van der Waals surface area contributed by atoms with Gasteiger partial charge >= 0.3 is 0 Å². The van der Waals surface area contributed by atoms with E-state index < -0.39 is 0 Å². The first-order chi connectivity index (χ1) is 11.5. The van der Waals surface area contributed by atoms with Crippen LogP contribution in [-0.4, -0.2) is 26.2 Å². The zero-order valence-corrected chi connectivity index (χ0v) is 16.0. The fourth-order valence-electron chi connectivity index (χ4n) is 2.39. The van der Waals surface area contributed by atoms with Crippen LogP contribution in [-0.2, 0) is 0 Å². The first-order valence-corrected chi connectivity index (χ1v) is 10.3. The summed E-state index contributed by atoms with van der Waals surface area (Å²) in [4.78, 5) is 21.9. The molecule has 0 bridgehead atoms. The SMILES string of the molecule is Cc1sc2nc(C(C)Sc3nnc(NC4CC4)s3)[nH]c(=O)c2c1C. The number of hydrogen-bond donors (Lipinski definition) is 2. The Kier molecular flexibility index (Phi) is 4.09. The molecule has 1 fully saturated rings. The van der Waals surface area contributed by atoms with Crippen LogP contribution in [0.2, 0.25) is 0 Å². The monoisotopic (exact) mass is 379 g/mol. The summed E-state index contributed by atoms with van der Waals surface area (Å²) in [5.41, 5.74) is 0.966. The van der Waals surface area contributed by atoms with Gasteiger partial charge in [-0.25, -0.2) is 4.98 Å². The Balaban J connectivity index is 1.57. The van der Waals surface area contributed by atoms with E-state index in [1.165, 1.54) is 12.8 Å². The lowest BCUT2D eigenvalue weighted by Crippen LogP contribution is -2.12. The second kappa shape index (κ2) is 6.12. The van der Waals surface area contributed by atoms with Gasteiger partial charge in [0.1, 0.15) is 10.7 Å². The highest BCUT2D eigenvalue weighted by Gasteiger charge is 2.23. The van der Waals surface area contributed by atoms with Gasteiger partial charge in [0.05, 0.1) is 10.6 Å². The van der Waals surface area contributed by atoms with E-state index in [0.29, 0.717) is 17.3 Å². The average Bonchev–Trinajstić information content (AvgIpc) is 3.16. The quantitative estimate of drug-likeness (QED) is 0.655. The van der Waals surface area contributed by atoms with Crippen LogP contribution in [0.15, 0.2) is 9.13 Å². The van der Waals surface area contributed by atoms with E-state index in [-0.39, 0.29) is 10.8 Å². The van der Waals surface area contributed by atoms with E-state index in [1.807, 2.05) is 20.8 Å². The first kappa shape index (κ1) is 16.0. The van der Waals surface area contributed by atoms with E-state index in [2.05, 4.69) is 25.5 Å². The molecule has 9 heteroatoms. The number of H-pyrrole nitrogens is 1. The standard InChI is InChI=1S/C15H17N5OS3/c1-6-7(2)22-13-10(6)12(21)17-11(18-13)8(3)23-15-20-19-14(24-15)16-9-4-5-9/h8-9H,4-5H2,1-3H3,(H,16,19)(H,17,18,21). The van der Waals surface area contributed by atoms with Crippen LogP contribution in [0.3, 0.4) is 0 Å². The van der Waals surface area contributed by atoms with Crippen molar-refractivity contribution in [3.8, 4) is 0 Å². The highest BCUT2D eigenvalue weighted by molar-refractivity contribution is 8.01. The van der Waals surface area contributed by atoms with Crippen molar-refractivity contribution in [2.24, 2.45) is 0 Å². The van der Waals surface area contributed by atoms with Crippen LogP contribution >= 0.6 is 34.4 Å². The summed E-state index contributed by atoms with van der Waals surface area (Å²) < 4.78 is 0.881. The maximum Gasteiger partial charge on any atom is 0.259 e. The number of nitrogens with one attached hydrogen (secondary N) is 2. The molecule has 1 unspecified atom stereocenters. The van der Waals surface area contributed by atoms with Crippen molar-refractivity contribution >= 4 is 49.8 Å². The Hall–Kier alpha value is -1.45. The zero-order valence-electron chi connectivity index (χ0n) is 13.5. The molecule has 0 aromatic carbocycles.